The Morgan fingerprint density at radius 1 is 1.16 bits per heavy atom. The van der Waals surface area contributed by atoms with Crippen molar-refractivity contribution in [2.24, 2.45) is 11.8 Å². The maximum absolute atomic E-state index is 11.4. The first-order chi connectivity index (χ1) is 9.02. The standard InChI is InChI=1S/C13H24N2O4/c1-2-9-3-5-10(6-4-9)7-14-13(19)15-8-11(16)12(17)18/h9-11,16H,2-8H2,1H3,(H,17,18)(H2,14,15,19). The summed E-state index contributed by atoms with van der Waals surface area (Å²) in [6.07, 6.45) is 4.40. The van der Waals surface area contributed by atoms with Crippen molar-refractivity contribution in [2.45, 2.75) is 45.1 Å². The predicted molar refractivity (Wildman–Crippen MR) is 70.8 cm³/mol. The van der Waals surface area contributed by atoms with E-state index in [4.69, 9.17) is 10.2 Å². The van der Waals surface area contributed by atoms with E-state index in [9.17, 15) is 9.59 Å². The van der Waals surface area contributed by atoms with Crippen LogP contribution in [-0.4, -0.2) is 41.4 Å². The number of hydrogen-bond acceptors (Lipinski definition) is 3. The maximum atomic E-state index is 11.4. The third-order valence-electron chi connectivity index (χ3n) is 3.84. The molecule has 0 saturated heterocycles. The smallest absolute Gasteiger partial charge is 0.334 e. The molecule has 2 amide bonds. The van der Waals surface area contributed by atoms with E-state index in [1.54, 1.807) is 0 Å². The van der Waals surface area contributed by atoms with Crippen LogP contribution in [0.4, 0.5) is 4.79 Å². The summed E-state index contributed by atoms with van der Waals surface area (Å²) in [5.74, 6) is 0.00641. The summed E-state index contributed by atoms with van der Waals surface area (Å²) < 4.78 is 0. The molecular weight excluding hydrogens is 248 g/mol. The molecular formula is C13H24N2O4. The van der Waals surface area contributed by atoms with Gasteiger partial charge >= 0.3 is 12.0 Å². The number of amides is 2. The molecule has 0 aromatic heterocycles. The fourth-order valence-electron chi connectivity index (χ4n) is 2.42. The summed E-state index contributed by atoms with van der Waals surface area (Å²) in [6.45, 7) is 2.56. The van der Waals surface area contributed by atoms with Crippen LogP contribution in [0, 0.1) is 11.8 Å². The highest BCUT2D eigenvalue weighted by Crippen LogP contribution is 2.29. The minimum atomic E-state index is -1.55. The van der Waals surface area contributed by atoms with Crippen molar-refractivity contribution in [3.63, 3.8) is 0 Å². The van der Waals surface area contributed by atoms with E-state index in [1.165, 1.54) is 19.3 Å². The zero-order valence-corrected chi connectivity index (χ0v) is 11.4. The molecule has 0 aromatic carbocycles. The van der Waals surface area contributed by atoms with Gasteiger partial charge in [0.2, 0.25) is 0 Å². The van der Waals surface area contributed by atoms with Gasteiger partial charge < -0.3 is 20.8 Å². The summed E-state index contributed by atoms with van der Waals surface area (Å²) in [4.78, 5) is 21.8. The molecule has 1 saturated carbocycles. The molecule has 0 radical (unpaired) electrons. The van der Waals surface area contributed by atoms with Gasteiger partial charge in [-0.25, -0.2) is 9.59 Å². The van der Waals surface area contributed by atoms with Gasteiger partial charge in [-0.15, -0.1) is 0 Å². The lowest BCUT2D eigenvalue weighted by Gasteiger charge is -2.27. The molecule has 1 aliphatic rings. The Bertz CT molecular complexity index is 301. The molecule has 0 bridgehead atoms. The number of aliphatic hydroxyl groups excluding tert-OH is 1. The number of hydrogen-bond donors (Lipinski definition) is 4. The molecule has 0 spiro atoms. The van der Waals surface area contributed by atoms with E-state index in [-0.39, 0.29) is 6.54 Å². The van der Waals surface area contributed by atoms with E-state index in [2.05, 4.69) is 17.6 Å². The zero-order chi connectivity index (χ0) is 14.3. The Balaban J connectivity index is 2.12. The fourth-order valence-corrected chi connectivity index (χ4v) is 2.42. The number of aliphatic carboxylic acids is 1. The summed E-state index contributed by atoms with van der Waals surface area (Å²) in [5.41, 5.74) is 0. The number of nitrogens with one attached hydrogen (secondary N) is 2. The van der Waals surface area contributed by atoms with Gasteiger partial charge in [0.15, 0.2) is 6.10 Å². The second-order valence-corrected chi connectivity index (χ2v) is 5.24. The third-order valence-corrected chi connectivity index (χ3v) is 3.84. The topological polar surface area (TPSA) is 98.7 Å². The van der Waals surface area contributed by atoms with Gasteiger partial charge in [0.25, 0.3) is 0 Å². The molecule has 0 heterocycles. The largest absolute Gasteiger partial charge is 0.479 e. The zero-order valence-electron chi connectivity index (χ0n) is 11.4. The lowest BCUT2D eigenvalue weighted by Crippen LogP contribution is -2.43. The van der Waals surface area contributed by atoms with Crippen molar-refractivity contribution in [3.05, 3.63) is 0 Å². The molecule has 1 unspecified atom stereocenters. The average molecular weight is 272 g/mol. The van der Waals surface area contributed by atoms with Gasteiger partial charge in [-0.05, 0) is 24.7 Å². The fraction of sp³-hybridized carbons (Fsp3) is 0.846. The van der Waals surface area contributed by atoms with Crippen molar-refractivity contribution in [1.29, 1.82) is 0 Å². The molecule has 1 fully saturated rings. The van der Waals surface area contributed by atoms with Crippen molar-refractivity contribution in [3.8, 4) is 0 Å². The molecule has 1 aliphatic carbocycles. The molecule has 1 atom stereocenters. The maximum Gasteiger partial charge on any atom is 0.334 e. The number of carbonyl (C=O) groups excluding carboxylic acids is 1. The molecule has 110 valence electrons. The van der Waals surface area contributed by atoms with Crippen LogP contribution in [0.3, 0.4) is 0 Å². The molecule has 19 heavy (non-hydrogen) atoms. The lowest BCUT2D eigenvalue weighted by atomic mass is 9.81. The van der Waals surface area contributed by atoms with Crippen LogP contribution in [0.1, 0.15) is 39.0 Å². The predicted octanol–water partition coefficient (Wildman–Crippen LogP) is 0.947. The Labute approximate surface area is 113 Å². The van der Waals surface area contributed by atoms with Gasteiger partial charge in [-0.3, -0.25) is 0 Å². The summed E-state index contributed by atoms with van der Waals surface area (Å²) in [6, 6.07) is -0.419. The van der Waals surface area contributed by atoms with Gasteiger partial charge in [-0.2, -0.15) is 0 Å². The van der Waals surface area contributed by atoms with E-state index >= 15 is 0 Å². The highest BCUT2D eigenvalue weighted by atomic mass is 16.4. The number of carboxylic acids is 1. The molecule has 0 aromatic rings. The number of urea groups is 1. The number of rotatable bonds is 6. The quantitative estimate of drug-likeness (QED) is 0.578. The Kier molecular flexibility index (Phi) is 6.62. The van der Waals surface area contributed by atoms with Crippen molar-refractivity contribution < 1.29 is 19.8 Å². The van der Waals surface area contributed by atoms with Crippen molar-refractivity contribution >= 4 is 12.0 Å². The molecule has 1 rings (SSSR count). The van der Waals surface area contributed by atoms with E-state index in [1.807, 2.05) is 0 Å². The normalized spacial score (nSPS) is 24.5. The minimum absolute atomic E-state index is 0.274. The summed E-state index contributed by atoms with van der Waals surface area (Å²) in [5, 5.41) is 22.5. The summed E-state index contributed by atoms with van der Waals surface area (Å²) >= 11 is 0. The van der Waals surface area contributed by atoms with Crippen LogP contribution in [0.15, 0.2) is 0 Å². The van der Waals surface area contributed by atoms with Crippen molar-refractivity contribution in [1.82, 2.24) is 10.6 Å². The Morgan fingerprint density at radius 3 is 2.26 bits per heavy atom. The van der Waals surface area contributed by atoms with Gasteiger partial charge in [-0.1, -0.05) is 26.2 Å². The summed E-state index contributed by atoms with van der Waals surface area (Å²) in [7, 11) is 0. The number of carboxylic acid groups (broad SMARTS) is 1. The molecule has 6 nitrogen and oxygen atoms in total. The van der Waals surface area contributed by atoms with Crippen LogP contribution in [0.25, 0.3) is 0 Å². The molecule has 0 aliphatic heterocycles. The Hall–Kier alpha value is -1.30. The van der Waals surface area contributed by atoms with Crippen LogP contribution in [-0.2, 0) is 4.79 Å². The minimum Gasteiger partial charge on any atom is -0.479 e. The van der Waals surface area contributed by atoms with E-state index in [0.717, 1.165) is 18.8 Å². The van der Waals surface area contributed by atoms with Gasteiger partial charge in [0.1, 0.15) is 0 Å². The van der Waals surface area contributed by atoms with Gasteiger partial charge in [0, 0.05) is 6.54 Å². The second kappa shape index (κ2) is 7.99. The highest BCUT2D eigenvalue weighted by molar-refractivity contribution is 5.76. The van der Waals surface area contributed by atoms with Crippen molar-refractivity contribution in [2.75, 3.05) is 13.1 Å². The monoisotopic (exact) mass is 272 g/mol. The average Bonchev–Trinajstić information content (AvgIpc) is 2.42. The Morgan fingerprint density at radius 2 is 1.74 bits per heavy atom. The van der Waals surface area contributed by atoms with E-state index < -0.39 is 18.1 Å². The third kappa shape index (κ3) is 5.92. The van der Waals surface area contributed by atoms with Crippen LogP contribution in [0.2, 0.25) is 0 Å². The van der Waals surface area contributed by atoms with Crippen LogP contribution in [0.5, 0.6) is 0 Å². The lowest BCUT2D eigenvalue weighted by molar-refractivity contribution is -0.146. The SMILES string of the molecule is CCC1CCC(CNC(=O)NCC(O)C(=O)O)CC1. The van der Waals surface area contributed by atoms with Gasteiger partial charge in [0.05, 0.1) is 6.54 Å². The van der Waals surface area contributed by atoms with Crippen LogP contribution < -0.4 is 10.6 Å². The molecule has 6 heteroatoms. The van der Waals surface area contributed by atoms with Crippen LogP contribution >= 0.6 is 0 Å². The first kappa shape index (κ1) is 15.8. The highest BCUT2D eigenvalue weighted by Gasteiger charge is 2.20. The first-order valence-electron chi connectivity index (χ1n) is 6.95. The van der Waals surface area contributed by atoms with E-state index in [0.29, 0.717) is 12.5 Å². The first-order valence-corrected chi connectivity index (χ1v) is 6.95. The molecule has 4 N–H and O–H groups in total. The second-order valence-electron chi connectivity index (χ2n) is 5.24. The number of aliphatic hydroxyl groups is 1. The number of carbonyl (C=O) groups is 2.